The van der Waals surface area contributed by atoms with Gasteiger partial charge in [0, 0.05) is 5.69 Å². The fraction of sp³-hybridized carbons (Fsp3) is 0.357. The predicted molar refractivity (Wildman–Crippen MR) is 77.4 cm³/mol. The van der Waals surface area contributed by atoms with Gasteiger partial charge in [-0.3, -0.25) is 9.36 Å². The van der Waals surface area contributed by atoms with E-state index in [1.165, 1.54) is 0 Å². The number of hydrogen-bond acceptors (Lipinski definition) is 4. The van der Waals surface area contributed by atoms with Gasteiger partial charge in [0.2, 0.25) is 5.91 Å². The molecule has 2 aromatic rings. The minimum absolute atomic E-state index is 0.167. The fourth-order valence-electron chi connectivity index (χ4n) is 1.93. The predicted octanol–water partition coefficient (Wildman–Crippen LogP) is 1.58. The highest BCUT2D eigenvalue weighted by atomic mass is 16.2. The van der Waals surface area contributed by atoms with E-state index in [0.717, 1.165) is 5.69 Å². The van der Waals surface area contributed by atoms with E-state index in [0.29, 0.717) is 18.0 Å². The van der Waals surface area contributed by atoms with E-state index in [9.17, 15) is 4.79 Å². The number of carbonyl (C=O) groups is 1. The molecule has 6 heteroatoms. The lowest BCUT2D eigenvalue weighted by Gasteiger charge is -2.14. The maximum absolute atomic E-state index is 12.0. The molecule has 0 saturated carbocycles. The molecule has 0 saturated heterocycles. The first-order valence-corrected chi connectivity index (χ1v) is 6.58. The second kappa shape index (κ2) is 6.29. The van der Waals surface area contributed by atoms with Gasteiger partial charge in [-0.15, -0.1) is 10.2 Å². The molecule has 20 heavy (non-hydrogen) atoms. The molecule has 0 aliphatic carbocycles. The number of rotatable bonds is 5. The van der Waals surface area contributed by atoms with Crippen LogP contribution >= 0.6 is 0 Å². The third kappa shape index (κ3) is 3.64. The van der Waals surface area contributed by atoms with Crippen LogP contribution in [0.25, 0.3) is 5.69 Å². The number of benzene rings is 1. The molecule has 0 radical (unpaired) electrons. The molecule has 0 spiro atoms. The van der Waals surface area contributed by atoms with Crippen LogP contribution in [0.5, 0.6) is 0 Å². The average molecular weight is 273 g/mol. The highest BCUT2D eigenvalue weighted by Gasteiger charge is 2.15. The van der Waals surface area contributed by atoms with E-state index >= 15 is 0 Å². The Morgan fingerprint density at radius 1 is 1.35 bits per heavy atom. The molecule has 0 aliphatic heterocycles. The zero-order valence-electron chi connectivity index (χ0n) is 11.7. The largest absolute Gasteiger partial charge is 0.325 e. The quantitative estimate of drug-likeness (QED) is 0.866. The molecule has 2 rings (SSSR count). The van der Waals surface area contributed by atoms with Gasteiger partial charge < -0.3 is 11.1 Å². The Morgan fingerprint density at radius 3 is 2.70 bits per heavy atom. The van der Waals surface area contributed by atoms with E-state index in [1.54, 1.807) is 17.2 Å². The van der Waals surface area contributed by atoms with Gasteiger partial charge >= 0.3 is 0 Å². The van der Waals surface area contributed by atoms with Crippen LogP contribution in [0.4, 0.5) is 5.69 Å². The van der Waals surface area contributed by atoms with Gasteiger partial charge in [0.1, 0.15) is 12.7 Å². The standard InChI is InChI=1S/C14H19N5O/c1-10(2)6-13(15)14(20)18-11-4-3-5-12(7-11)19-8-16-17-9-19/h3-5,7-10,13H,6,15H2,1-2H3,(H,18,20)/t13-/m0/s1. The lowest BCUT2D eigenvalue weighted by molar-refractivity contribution is -0.117. The second-order valence-corrected chi connectivity index (χ2v) is 5.14. The molecule has 1 amide bonds. The van der Waals surface area contributed by atoms with Gasteiger partial charge in [-0.25, -0.2) is 0 Å². The molecule has 1 aromatic heterocycles. The molecule has 0 fully saturated rings. The van der Waals surface area contributed by atoms with Crippen molar-refractivity contribution < 1.29 is 4.79 Å². The van der Waals surface area contributed by atoms with Crippen LogP contribution in [-0.2, 0) is 4.79 Å². The smallest absolute Gasteiger partial charge is 0.241 e. The SMILES string of the molecule is CC(C)C[C@H](N)C(=O)Nc1cccc(-n2cnnc2)c1. The van der Waals surface area contributed by atoms with Gasteiger partial charge in [0.05, 0.1) is 11.7 Å². The molecule has 3 N–H and O–H groups in total. The molecule has 1 aromatic carbocycles. The lowest BCUT2D eigenvalue weighted by atomic mass is 10.0. The molecule has 1 atom stereocenters. The normalized spacial score (nSPS) is 12.4. The van der Waals surface area contributed by atoms with Crippen LogP contribution in [0.1, 0.15) is 20.3 Å². The van der Waals surface area contributed by atoms with Crippen molar-refractivity contribution in [2.75, 3.05) is 5.32 Å². The van der Waals surface area contributed by atoms with Crippen LogP contribution in [-0.4, -0.2) is 26.7 Å². The van der Waals surface area contributed by atoms with E-state index in [4.69, 9.17) is 5.73 Å². The monoisotopic (exact) mass is 273 g/mol. The fourth-order valence-corrected chi connectivity index (χ4v) is 1.93. The van der Waals surface area contributed by atoms with Crippen LogP contribution in [0, 0.1) is 5.92 Å². The Morgan fingerprint density at radius 2 is 2.05 bits per heavy atom. The zero-order chi connectivity index (χ0) is 14.5. The van der Waals surface area contributed by atoms with Gasteiger partial charge in [0.25, 0.3) is 0 Å². The number of aromatic nitrogens is 3. The summed E-state index contributed by atoms with van der Waals surface area (Å²) in [5.41, 5.74) is 7.45. The first-order valence-electron chi connectivity index (χ1n) is 6.58. The van der Waals surface area contributed by atoms with E-state index < -0.39 is 6.04 Å². The number of amides is 1. The first kappa shape index (κ1) is 14.2. The first-order chi connectivity index (χ1) is 9.56. The van der Waals surface area contributed by atoms with Crippen molar-refractivity contribution in [3.05, 3.63) is 36.9 Å². The maximum Gasteiger partial charge on any atom is 0.241 e. The summed E-state index contributed by atoms with van der Waals surface area (Å²) in [5.74, 6) is 0.221. The highest BCUT2D eigenvalue weighted by Crippen LogP contribution is 2.15. The molecule has 0 bridgehead atoms. The van der Waals surface area contributed by atoms with Gasteiger partial charge in [-0.2, -0.15) is 0 Å². The summed E-state index contributed by atoms with van der Waals surface area (Å²) in [4.78, 5) is 12.0. The second-order valence-electron chi connectivity index (χ2n) is 5.14. The van der Waals surface area contributed by atoms with Crippen LogP contribution in [0.2, 0.25) is 0 Å². The molecule has 106 valence electrons. The van der Waals surface area contributed by atoms with Gasteiger partial charge in [-0.1, -0.05) is 19.9 Å². The van der Waals surface area contributed by atoms with Crippen molar-refractivity contribution >= 4 is 11.6 Å². The molecular weight excluding hydrogens is 254 g/mol. The minimum Gasteiger partial charge on any atom is -0.325 e. The number of nitrogens with one attached hydrogen (secondary N) is 1. The van der Waals surface area contributed by atoms with E-state index in [-0.39, 0.29) is 5.91 Å². The van der Waals surface area contributed by atoms with Crippen molar-refractivity contribution in [1.82, 2.24) is 14.8 Å². The molecule has 6 nitrogen and oxygen atoms in total. The lowest BCUT2D eigenvalue weighted by Crippen LogP contribution is -2.36. The van der Waals surface area contributed by atoms with E-state index in [1.807, 2.05) is 38.1 Å². The van der Waals surface area contributed by atoms with Crippen LogP contribution < -0.4 is 11.1 Å². The third-order valence-corrected chi connectivity index (χ3v) is 2.89. The van der Waals surface area contributed by atoms with Gasteiger partial charge in [-0.05, 0) is 30.5 Å². The molecule has 0 aliphatic rings. The number of nitrogens with zero attached hydrogens (tertiary/aromatic N) is 3. The number of nitrogens with two attached hydrogens (primary N) is 1. The molecule has 1 heterocycles. The summed E-state index contributed by atoms with van der Waals surface area (Å²) in [6, 6.07) is 6.96. The summed E-state index contributed by atoms with van der Waals surface area (Å²) in [5, 5.41) is 10.3. The summed E-state index contributed by atoms with van der Waals surface area (Å²) < 4.78 is 1.77. The van der Waals surface area contributed by atoms with Crippen molar-refractivity contribution in [2.24, 2.45) is 11.7 Å². The molecular formula is C14H19N5O. The Kier molecular flexibility index (Phi) is 4.47. The Hall–Kier alpha value is -2.21. The topological polar surface area (TPSA) is 85.8 Å². The Labute approximate surface area is 118 Å². The highest BCUT2D eigenvalue weighted by molar-refractivity contribution is 5.94. The average Bonchev–Trinajstić information content (AvgIpc) is 2.92. The summed E-state index contributed by atoms with van der Waals surface area (Å²) in [6.07, 6.45) is 3.87. The maximum atomic E-state index is 12.0. The third-order valence-electron chi connectivity index (χ3n) is 2.89. The van der Waals surface area contributed by atoms with Crippen LogP contribution in [0.15, 0.2) is 36.9 Å². The van der Waals surface area contributed by atoms with Crippen molar-refractivity contribution in [2.45, 2.75) is 26.3 Å². The number of hydrogen-bond donors (Lipinski definition) is 2. The van der Waals surface area contributed by atoms with E-state index in [2.05, 4.69) is 15.5 Å². The summed E-state index contributed by atoms with van der Waals surface area (Å²) in [7, 11) is 0. The van der Waals surface area contributed by atoms with Crippen molar-refractivity contribution in [3.63, 3.8) is 0 Å². The molecule has 0 unspecified atom stereocenters. The van der Waals surface area contributed by atoms with Crippen molar-refractivity contribution in [3.8, 4) is 5.69 Å². The Balaban J connectivity index is 2.07. The minimum atomic E-state index is -0.492. The Bertz CT molecular complexity index is 565. The summed E-state index contributed by atoms with van der Waals surface area (Å²) >= 11 is 0. The van der Waals surface area contributed by atoms with Crippen molar-refractivity contribution in [1.29, 1.82) is 0 Å². The number of carbonyl (C=O) groups excluding carboxylic acids is 1. The zero-order valence-corrected chi connectivity index (χ0v) is 11.7. The summed E-state index contributed by atoms with van der Waals surface area (Å²) in [6.45, 7) is 4.08. The number of anilines is 1. The van der Waals surface area contributed by atoms with Gasteiger partial charge in [0.15, 0.2) is 0 Å². The van der Waals surface area contributed by atoms with Crippen LogP contribution in [0.3, 0.4) is 0 Å².